The zero-order valence-electron chi connectivity index (χ0n) is 14.8. The van der Waals surface area contributed by atoms with Crippen LogP contribution in [0.25, 0.3) is 0 Å². The maximum atomic E-state index is 12.2. The van der Waals surface area contributed by atoms with Crippen molar-refractivity contribution in [3.63, 3.8) is 0 Å². The highest BCUT2D eigenvalue weighted by Gasteiger charge is 2.19. The van der Waals surface area contributed by atoms with E-state index in [1.165, 1.54) is 5.56 Å². The lowest BCUT2D eigenvalue weighted by Gasteiger charge is -2.15. The van der Waals surface area contributed by atoms with Gasteiger partial charge >= 0.3 is 0 Å². The first kappa shape index (κ1) is 18.5. The van der Waals surface area contributed by atoms with Gasteiger partial charge in [0.05, 0.1) is 0 Å². The molecular weight excluding hydrogens is 344 g/mol. The maximum absolute atomic E-state index is 12.2. The summed E-state index contributed by atoms with van der Waals surface area (Å²) in [4.78, 5) is 25.8. The number of nitrogens with one attached hydrogen (secondary N) is 1. The Bertz CT molecular complexity index is 731. The number of benzene rings is 2. The normalized spacial score (nSPS) is 13.8. The Hall–Kier alpha value is -2.27. The lowest BCUT2D eigenvalue weighted by atomic mass is 10.1. The second-order valence-electron chi connectivity index (χ2n) is 6.41. The molecule has 1 N–H and O–H groups in total. The fraction of sp³-hybridized carbons (Fsp3) is 0.333. The summed E-state index contributed by atoms with van der Waals surface area (Å²) in [6, 6.07) is 17.9. The van der Waals surface area contributed by atoms with Crippen LogP contribution in [0, 0.1) is 0 Å². The first-order valence-electron chi connectivity index (χ1n) is 8.99. The second kappa shape index (κ2) is 9.43. The molecule has 0 unspecified atom stereocenters. The molecule has 0 bridgehead atoms. The molecule has 1 heterocycles. The summed E-state index contributed by atoms with van der Waals surface area (Å²) in [6.45, 7) is 2.12. The number of carbonyl (C=O) groups is 2. The van der Waals surface area contributed by atoms with Gasteiger partial charge < -0.3 is 10.2 Å². The number of nitrogens with zero attached hydrogens (tertiary/aromatic N) is 1. The van der Waals surface area contributed by atoms with Gasteiger partial charge in [-0.3, -0.25) is 9.59 Å². The summed E-state index contributed by atoms with van der Waals surface area (Å²) in [5, 5.41) is 2.96. The van der Waals surface area contributed by atoms with Gasteiger partial charge in [0, 0.05) is 43.1 Å². The third-order valence-corrected chi connectivity index (χ3v) is 5.43. The molecule has 1 aliphatic heterocycles. The first-order valence-corrected chi connectivity index (χ1v) is 10.1. The predicted molar refractivity (Wildman–Crippen MR) is 106 cm³/mol. The quantitative estimate of drug-likeness (QED) is 0.726. The van der Waals surface area contributed by atoms with Crippen molar-refractivity contribution in [3.05, 3.63) is 71.3 Å². The molecule has 1 aliphatic rings. The fourth-order valence-electron chi connectivity index (χ4n) is 2.96. The molecule has 4 nitrogen and oxygen atoms in total. The molecule has 0 saturated carbocycles. The number of hydrogen-bond acceptors (Lipinski definition) is 3. The monoisotopic (exact) mass is 368 g/mol. The van der Waals surface area contributed by atoms with Gasteiger partial charge in [0.1, 0.15) is 0 Å². The predicted octanol–water partition coefficient (Wildman–Crippen LogP) is 3.47. The molecule has 0 radical (unpaired) electrons. The van der Waals surface area contributed by atoms with Crippen LogP contribution >= 0.6 is 11.8 Å². The Morgan fingerprint density at radius 1 is 1.04 bits per heavy atom. The molecule has 2 aromatic rings. The average Bonchev–Trinajstić information content (AvgIpc) is 3.07. The number of amides is 2. The number of carbonyl (C=O) groups excluding carboxylic acids is 2. The minimum atomic E-state index is -0.0471. The van der Waals surface area contributed by atoms with Crippen molar-refractivity contribution < 1.29 is 9.59 Å². The summed E-state index contributed by atoms with van der Waals surface area (Å²) in [5.74, 6) is 2.02. The largest absolute Gasteiger partial charge is 0.351 e. The van der Waals surface area contributed by atoms with Crippen LogP contribution in [0.3, 0.4) is 0 Å². The highest BCUT2D eigenvalue weighted by Crippen LogP contribution is 2.15. The number of hydrogen-bond donors (Lipinski definition) is 1. The second-order valence-corrected chi connectivity index (χ2v) is 7.52. The van der Waals surface area contributed by atoms with Crippen LogP contribution in [-0.4, -0.2) is 35.6 Å². The number of thioether (sulfide) groups is 1. The smallest absolute Gasteiger partial charge is 0.251 e. The van der Waals surface area contributed by atoms with E-state index in [9.17, 15) is 9.59 Å². The molecule has 0 atom stereocenters. The SMILES string of the molecule is O=C(NCCSCc1ccccc1)c1ccc(CN2CCCC2=O)cc1. The minimum absolute atomic E-state index is 0.0471. The maximum Gasteiger partial charge on any atom is 0.251 e. The van der Waals surface area contributed by atoms with Gasteiger partial charge in [0.25, 0.3) is 5.91 Å². The van der Waals surface area contributed by atoms with Crippen molar-refractivity contribution in [1.82, 2.24) is 10.2 Å². The molecule has 3 rings (SSSR count). The molecule has 5 heteroatoms. The molecule has 136 valence electrons. The van der Waals surface area contributed by atoms with Gasteiger partial charge in [-0.1, -0.05) is 42.5 Å². The molecule has 0 aromatic heterocycles. The molecule has 2 aromatic carbocycles. The van der Waals surface area contributed by atoms with Gasteiger partial charge in [0.2, 0.25) is 5.91 Å². The van der Waals surface area contributed by atoms with Crippen LogP contribution in [0.2, 0.25) is 0 Å². The third-order valence-electron chi connectivity index (χ3n) is 4.40. The zero-order chi connectivity index (χ0) is 18.2. The molecular formula is C21H24N2O2S. The van der Waals surface area contributed by atoms with E-state index in [1.54, 1.807) is 0 Å². The van der Waals surface area contributed by atoms with E-state index >= 15 is 0 Å². The van der Waals surface area contributed by atoms with Crippen molar-refractivity contribution in [2.45, 2.75) is 25.1 Å². The molecule has 0 spiro atoms. The van der Waals surface area contributed by atoms with E-state index in [-0.39, 0.29) is 11.8 Å². The highest BCUT2D eigenvalue weighted by atomic mass is 32.2. The van der Waals surface area contributed by atoms with E-state index in [0.29, 0.717) is 25.1 Å². The topological polar surface area (TPSA) is 49.4 Å². The fourth-order valence-corrected chi connectivity index (χ4v) is 3.78. The minimum Gasteiger partial charge on any atom is -0.351 e. The van der Waals surface area contributed by atoms with Crippen molar-refractivity contribution >= 4 is 23.6 Å². The van der Waals surface area contributed by atoms with Gasteiger partial charge in [-0.05, 0) is 29.7 Å². The van der Waals surface area contributed by atoms with Crippen LogP contribution in [0.5, 0.6) is 0 Å². The van der Waals surface area contributed by atoms with Crippen molar-refractivity contribution in [2.75, 3.05) is 18.8 Å². The van der Waals surface area contributed by atoms with E-state index < -0.39 is 0 Å². The van der Waals surface area contributed by atoms with Crippen LogP contribution in [0.15, 0.2) is 54.6 Å². The zero-order valence-corrected chi connectivity index (χ0v) is 15.6. The van der Waals surface area contributed by atoms with E-state index in [1.807, 2.05) is 59.1 Å². The summed E-state index contributed by atoms with van der Waals surface area (Å²) in [7, 11) is 0. The van der Waals surface area contributed by atoms with E-state index in [4.69, 9.17) is 0 Å². The Labute approximate surface area is 159 Å². The summed E-state index contributed by atoms with van der Waals surface area (Å²) < 4.78 is 0. The van der Waals surface area contributed by atoms with Gasteiger partial charge in [0.15, 0.2) is 0 Å². The standard InChI is InChI=1S/C21H24N2O2S/c24-20-7-4-13-23(20)15-17-8-10-19(11-9-17)21(25)22-12-14-26-16-18-5-2-1-3-6-18/h1-3,5-6,8-11H,4,7,12-16H2,(H,22,25). The van der Waals surface area contributed by atoms with E-state index in [0.717, 1.165) is 30.0 Å². The summed E-state index contributed by atoms with van der Waals surface area (Å²) >= 11 is 1.81. The van der Waals surface area contributed by atoms with Crippen LogP contribution < -0.4 is 5.32 Å². The number of rotatable bonds is 8. The van der Waals surface area contributed by atoms with Gasteiger partial charge in [-0.2, -0.15) is 11.8 Å². The lowest BCUT2D eigenvalue weighted by molar-refractivity contribution is -0.128. The van der Waals surface area contributed by atoms with Crippen molar-refractivity contribution in [1.29, 1.82) is 0 Å². The average molecular weight is 369 g/mol. The summed E-state index contributed by atoms with van der Waals surface area (Å²) in [6.07, 6.45) is 1.60. The summed E-state index contributed by atoms with van der Waals surface area (Å²) in [5.41, 5.74) is 3.03. The van der Waals surface area contributed by atoms with Crippen LogP contribution in [0.4, 0.5) is 0 Å². The number of likely N-dealkylation sites (tertiary alicyclic amines) is 1. The Kier molecular flexibility index (Phi) is 6.72. The molecule has 26 heavy (non-hydrogen) atoms. The Morgan fingerprint density at radius 2 is 1.81 bits per heavy atom. The Balaban J connectivity index is 1.38. The van der Waals surface area contributed by atoms with Crippen LogP contribution in [-0.2, 0) is 17.1 Å². The molecule has 0 aliphatic carbocycles. The molecule has 2 amide bonds. The van der Waals surface area contributed by atoms with Gasteiger partial charge in [-0.25, -0.2) is 0 Å². The molecule has 1 fully saturated rings. The first-order chi connectivity index (χ1) is 12.7. The van der Waals surface area contributed by atoms with E-state index in [2.05, 4.69) is 17.4 Å². The van der Waals surface area contributed by atoms with Gasteiger partial charge in [-0.15, -0.1) is 0 Å². The van der Waals surface area contributed by atoms with Crippen molar-refractivity contribution in [3.8, 4) is 0 Å². The van der Waals surface area contributed by atoms with Crippen LogP contribution in [0.1, 0.15) is 34.3 Å². The lowest BCUT2D eigenvalue weighted by Crippen LogP contribution is -2.26. The highest BCUT2D eigenvalue weighted by molar-refractivity contribution is 7.98. The third kappa shape index (κ3) is 5.36. The molecule has 1 saturated heterocycles. The van der Waals surface area contributed by atoms with Crippen molar-refractivity contribution in [2.24, 2.45) is 0 Å². The Morgan fingerprint density at radius 3 is 2.50 bits per heavy atom.